The first-order valence-electron chi connectivity index (χ1n) is 11.6. The molecule has 32 heavy (non-hydrogen) atoms. The molecule has 0 bridgehead atoms. The Balaban J connectivity index is 2.71. The molecule has 0 aromatic carbocycles. The third kappa shape index (κ3) is 10.6. The van der Waals surface area contributed by atoms with E-state index >= 15 is 0 Å². The van der Waals surface area contributed by atoms with E-state index in [0.717, 1.165) is 25.7 Å². The number of allylic oxidation sites excluding steroid dienone is 1. The van der Waals surface area contributed by atoms with Gasteiger partial charge in [0.1, 0.15) is 0 Å². The molecule has 0 aromatic rings. The quantitative estimate of drug-likeness (QED) is 0.166. The number of esters is 3. The van der Waals surface area contributed by atoms with E-state index in [2.05, 4.69) is 6.58 Å². The van der Waals surface area contributed by atoms with Crippen LogP contribution in [-0.2, 0) is 38.1 Å². The summed E-state index contributed by atoms with van der Waals surface area (Å²) in [5, 5.41) is 0. The summed E-state index contributed by atoms with van der Waals surface area (Å²) in [6.45, 7) is 11.1. The smallest absolute Gasteiger partial charge is 0.303 e. The molecule has 0 spiro atoms. The maximum atomic E-state index is 11.7. The fourth-order valence-corrected chi connectivity index (χ4v) is 3.80. The lowest BCUT2D eigenvalue weighted by Crippen LogP contribution is -2.61. The van der Waals surface area contributed by atoms with E-state index in [-0.39, 0.29) is 6.10 Å². The van der Waals surface area contributed by atoms with Crippen molar-refractivity contribution >= 4 is 17.9 Å². The minimum Gasteiger partial charge on any atom is -0.456 e. The van der Waals surface area contributed by atoms with Gasteiger partial charge in [-0.3, -0.25) is 14.4 Å². The predicted molar refractivity (Wildman–Crippen MR) is 119 cm³/mol. The largest absolute Gasteiger partial charge is 0.456 e. The SMILES string of the molecule is C=CCCCCCCCCC(C)O[C@@H]1OC(C)[C@H](OC(C)=O)C(OC(C)=O)C1OC(C)=O. The highest BCUT2D eigenvalue weighted by Gasteiger charge is 2.51. The molecule has 8 heteroatoms. The Hall–Kier alpha value is -1.93. The van der Waals surface area contributed by atoms with Crippen molar-refractivity contribution in [2.24, 2.45) is 0 Å². The lowest BCUT2D eigenvalue weighted by molar-refractivity contribution is -0.309. The monoisotopic (exact) mass is 456 g/mol. The Morgan fingerprint density at radius 2 is 1.34 bits per heavy atom. The molecule has 1 rings (SSSR count). The zero-order valence-electron chi connectivity index (χ0n) is 20.2. The van der Waals surface area contributed by atoms with Gasteiger partial charge in [0, 0.05) is 20.8 Å². The summed E-state index contributed by atoms with van der Waals surface area (Å²) >= 11 is 0. The molecule has 6 atom stereocenters. The van der Waals surface area contributed by atoms with Crippen LogP contribution in [0.15, 0.2) is 12.7 Å². The van der Waals surface area contributed by atoms with Gasteiger partial charge in [-0.05, 0) is 33.1 Å². The maximum Gasteiger partial charge on any atom is 0.303 e. The zero-order chi connectivity index (χ0) is 24.1. The summed E-state index contributed by atoms with van der Waals surface area (Å²) in [5.41, 5.74) is 0. The minimum atomic E-state index is -1.05. The first-order chi connectivity index (χ1) is 15.1. The Morgan fingerprint density at radius 1 is 0.844 bits per heavy atom. The molecule has 0 radical (unpaired) electrons. The maximum absolute atomic E-state index is 11.7. The normalized spacial score (nSPS) is 26.1. The summed E-state index contributed by atoms with van der Waals surface area (Å²) < 4.78 is 28.1. The number of ether oxygens (including phenoxy) is 5. The van der Waals surface area contributed by atoms with Crippen LogP contribution in [0.3, 0.4) is 0 Å². The van der Waals surface area contributed by atoms with Crippen molar-refractivity contribution in [3.8, 4) is 0 Å². The van der Waals surface area contributed by atoms with Crippen molar-refractivity contribution in [3.63, 3.8) is 0 Å². The Morgan fingerprint density at radius 3 is 1.91 bits per heavy atom. The third-order valence-corrected chi connectivity index (χ3v) is 5.27. The van der Waals surface area contributed by atoms with Gasteiger partial charge in [0.25, 0.3) is 0 Å². The van der Waals surface area contributed by atoms with E-state index in [0.29, 0.717) is 0 Å². The molecule has 1 heterocycles. The van der Waals surface area contributed by atoms with E-state index in [9.17, 15) is 14.4 Å². The van der Waals surface area contributed by atoms with E-state index in [1.54, 1.807) is 6.92 Å². The van der Waals surface area contributed by atoms with Crippen molar-refractivity contribution in [2.75, 3.05) is 0 Å². The molecule has 0 saturated carbocycles. The van der Waals surface area contributed by atoms with Gasteiger partial charge in [0.2, 0.25) is 0 Å². The van der Waals surface area contributed by atoms with Gasteiger partial charge >= 0.3 is 17.9 Å². The molecular formula is C24H40O8. The number of rotatable bonds is 14. The molecule has 8 nitrogen and oxygen atoms in total. The van der Waals surface area contributed by atoms with E-state index in [1.165, 1.54) is 46.5 Å². The summed E-state index contributed by atoms with van der Waals surface area (Å²) in [6, 6.07) is 0. The fraction of sp³-hybridized carbons (Fsp3) is 0.792. The van der Waals surface area contributed by atoms with Crippen LogP contribution in [0.2, 0.25) is 0 Å². The number of carbonyl (C=O) groups excluding carboxylic acids is 3. The van der Waals surface area contributed by atoms with Crippen molar-refractivity contribution in [1.82, 2.24) is 0 Å². The highest BCUT2D eigenvalue weighted by molar-refractivity contribution is 5.68. The molecule has 0 amide bonds. The first-order valence-corrected chi connectivity index (χ1v) is 11.6. The summed E-state index contributed by atoms with van der Waals surface area (Å²) in [6.07, 6.45) is 6.03. The van der Waals surface area contributed by atoms with Crippen molar-refractivity contribution in [3.05, 3.63) is 12.7 Å². The first kappa shape index (κ1) is 28.1. The zero-order valence-corrected chi connectivity index (χ0v) is 20.2. The Bertz CT molecular complexity index is 605. The standard InChI is InChI=1S/C24H40O8/c1-7-8-9-10-11-12-13-14-15-16(2)28-24-23(32-20(6)27)22(31-19(5)26)21(17(3)29-24)30-18(4)25/h7,16-17,21-24H,1,8-15H2,2-6H3/t16?,17?,21-,22?,23?,24+/m0/s1. The summed E-state index contributed by atoms with van der Waals surface area (Å²) in [7, 11) is 0. The molecule has 0 N–H and O–H groups in total. The van der Waals surface area contributed by atoms with E-state index in [4.69, 9.17) is 23.7 Å². The van der Waals surface area contributed by atoms with Gasteiger partial charge < -0.3 is 23.7 Å². The summed E-state index contributed by atoms with van der Waals surface area (Å²) in [4.78, 5) is 35.0. The van der Waals surface area contributed by atoms with Crippen LogP contribution in [0, 0.1) is 0 Å². The lowest BCUT2D eigenvalue weighted by Gasteiger charge is -2.44. The summed E-state index contributed by atoms with van der Waals surface area (Å²) in [5.74, 6) is -1.72. The van der Waals surface area contributed by atoms with E-state index in [1.807, 2.05) is 13.0 Å². The second-order valence-electron chi connectivity index (χ2n) is 8.37. The van der Waals surface area contributed by atoms with Gasteiger partial charge in [-0.2, -0.15) is 0 Å². The van der Waals surface area contributed by atoms with Gasteiger partial charge in [-0.15, -0.1) is 6.58 Å². The fourth-order valence-electron chi connectivity index (χ4n) is 3.80. The number of unbranched alkanes of at least 4 members (excludes halogenated alkanes) is 6. The van der Waals surface area contributed by atoms with Crippen molar-refractivity contribution in [1.29, 1.82) is 0 Å². The minimum absolute atomic E-state index is 0.158. The van der Waals surface area contributed by atoms with Gasteiger partial charge in [-0.25, -0.2) is 0 Å². The molecule has 4 unspecified atom stereocenters. The van der Waals surface area contributed by atoms with Gasteiger partial charge in [0.15, 0.2) is 24.6 Å². The van der Waals surface area contributed by atoms with Crippen LogP contribution in [0.25, 0.3) is 0 Å². The number of carbonyl (C=O) groups is 3. The van der Waals surface area contributed by atoms with Crippen molar-refractivity contribution < 1.29 is 38.1 Å². The molecule has 1 aliphatic heterocycles. The predicted octanol–water partition coefficient (Wildman–Crippen LogP) is 4.24. The van der Waals surface area contributed by atoms with E-state index < -0.39 is 48.6 Å². The molecule has 0 aromatic heterocycles. The Kier molecular flexibility index (Phi) is 13.2. The molecule has 1 saturated heterocycles. The van der Waals surface area contributed by atoms with Crippen LogP contribution in [0.4, 0.5) is 0 Å². The van der Waals surface area contributed by atoms with Crippen LogP contribution in [0.5, 0.6) is 0 Å². The van der Waals surface area contributed by atoms with Crippen LogP contribution in [0.1, 0.15) is 86.0 Å². The highest BCUT2D eigenvalue weighted by Crippen LogP contribution is 2.30. The molecule has 0 aliphatic carbocycles. The highest BCUT2D eigenvalue weighted by atomic mass is 16.7. The lowest BCUT2D eigenvalue weighted by atomic mass is 9.98. The number of hydrogen-bond acceptors (Lipinski definition) is 8. The third-order valence-electron chi connectivity index (χ3n) is 5.27. The molecule has 1 aliphatic rings. The average molecular weight is 457 g/mol. The van der Waals surface area contributed by atoms with Crippen molar-refractivity contribution in [2.45, 2.75) is 123 Å². The molecule has 1 fully saturated rings. The number of hydrogen-bond donors (Lipinski definition) is 0. The average Bonchev–Trinajstić information content (AvgIpc) is 2.68. The molecule has 184 valence electrons. The van der Waals surface area contributed by atoms with Gasteiger partial charge in [-0.1, -0.05) is 38.2 Å². The van der Waals surface area contributed by atoms with Crippen LogP contribution in [-0.4, -0.2) is 54.7 Å². The Labute approximate surface area is 191 Å². The molecular weight excluding hydrogens is 416 g/mol. The van der Waals surface area contributed by atoms with Gasteiger partial charge in [0.05, 0.1) is 12.2 Å². The topological polar surface area (TPSA) is 97.4 Å². The van der Waals surface area contributed by atoms with Crippen LogP contribution >= 0.6 is 0 Å². The second-order valence-corrected chi connectivity index (χ2v) is 8.37. The second kappa shape index (κ2) is 15.0. The van der Waals surface area contributed by atoms with Crippen LogP contribution < -0.4 is 0 Å².